The molecule has 3 N–H and O–H groups in total. The van der Waals surface area contributed by atoms with Gasteiger partial charge in [-0.05, 0) is 35.4 Å². The minimum atomic E-state index is -0.980. The Balaban J connectivity index is 1.81. The van der Waals surface area contributed by atoms with Crippen molar-refractivity contribution >= 4 is 27.9 Å². The molecule has 4 rings (SSSR count). The quantitative estimate of drug-likeness (QED) is 0.493. The van der Waals surface area contributed by atoms with E-state index in [1.807, 2.05) is 13.0 Å². The zero-order valence-corrected chi connectivity index (χ0v) is 15.2. The molecule has 8 heteroatoms. The van der Waals surface area contributed by atoms with Gasteiger partial charge in [-0.15, -0.1) is 0 Å². The number of carbonyl (C=O) groups is 1. The molecule has 8 nitrogen and oxygen atoms in total. The topological polar surface area (TPSA) is 121 Å². The van der Waals surface area contributed by atoms with Crippen molar-refractivity contribution in [1.29, 1.82) is 0 Å². The van der Waals surface area contributed by atoms with Gasteiger partial charge in [-0.1, -0.05) is 31.5 Å². The molecule has 4 aromatic rings. The molecule has 0 amide bonds. The van der Waals surface area contributed by atoms with Crippen LogP contribution in [0.15, 0.2) is 46.0 Å². The number of carboxylic acids is 1. The van der Waals surface area contributed by atoms with Crippen LogP contribution in [-0.4, -0.2) is 30.6 Å². The summed E-state index contributed by atoms with van der Waals surface area (Å²) in [6, 6.07) is 10.3. The van der Waals surface area contributed by atoms with Crippen LogP contribution in [0.4, 0.5) is 0 Å². The van der Waals surface area contributed by atoms with Crippen molar-refractivity contribution < 1.29 is 9.90 Å². The lowest BCUT2D eigenvalue weighted by Gasteiger charge is -2.02. The van der Waals surface area contributed by atoms with Gasteiger partial charge in [-0.25, -0.2) is 14.6 Å². The van der Waals surface area contributed by atoms with Gasteiger partial charge < -0.3 is 10.1 Å². The van der Waals surface area contributed by atoms with Crippen molar-refractivity contribution in [3.63, 3.8) is 0 Å². The Morgan fingerprint density at radius 1 is 1.11 bits per heavy atom. The molecule has 142 valence electrons. The Hall–Kier alpha value is -3.68. The summed E-state index contributed by atoms with van der Waals surface area (Å²) in [5.41, 5.74) is 0.564. The van der Waals surface area contributed by atoms with E-state index < -0.39 is 17.2 Å². The SMILES string of the molecule is CCCCn1c(=O)[nH]c2nc(-c3ccc4cc(C(=O)O)ccc4c3)[nH]c2c1=O. The third kappa shape index (κ3) is 2.98. The van der Waals surface area contributed by atoms with E-state index >= 15 is 0 Å². The van der Waals surface area contributed by atoms with Gasteiger partial charge in [0.25, 0.3) is 5.56 Å². The maximum atomic E-state index is 12.6. The number of carboxylic acid groups (broad SMARTS) is 1. The molecule has 2 aromatic carbocycles. The number of H-pyrrole nitrogens is 2. The minimum Gasteiger partial charge on any atom is -0.478 e. The van der Waals surface area contributed by atoms with Gasteiger partial charge in [0.2, 0.25) is 0 Å². The lowest BCUT2D eigenvalue weighted by atomic mass is 10.0. The van der Waals surface area contributed by atoms with E-state index in [4.69, 9.17) is 5.11 Å². The third-order valence-corrected chi connectivity index (χ3v) is 4.73. The van der Waals surface area contributed by atoms with Gasteiger partial charge in [0.05, 0.1) is 5.56 Å². The second-order valence-corrected chi connectivity index (χ2v) is 6.63. The summed E-state index contributed by atoms with van der Waals surface area (Å²) in [6.45, 7) is 2.35. The Morgan fingerprint density at radius 3 is 2.61 bits per heavy atom. The first kappa shape index (κ1) is 17.7. The number of rotatable bonds is 5. The van der Waals surface area contributed by atoms with Crippen LogP contribution in [-0.2, 0) is 6.54 Å². The Bertz CT molecular complexity index is 1330. The lowest BCUT2D eigenvalue weighted by molar-refractivity contribution is 0.0697. The van der Waals surface area contributed by atoms with Crippen LogP contribution in [0, 0.1) is 0 Å². The number of aromatic amines is 2. The normalized spacial score (nSPS) is 11.3. The summed E-state index contributed by atoms with van der Waals surface area (Å²) in [5.74, 6) is -0.522. The summed E-state index contributed by atoms with van der Waals surface area (Å²) in [6.07, 6.45) is 1.61. The van der Waals surface area contributed by atoms with Crippen LogP contribution in [0.1, 0.15) is 30.1 Å². The molecule has 0 radical (unpaired) electrons. The second kappa shape index (κ2) is 6.80. The number of aromatic nitrogens is 4. The molecule has 0 saturated carbocycles. The molecule has 2 heterocycles. The van der Waals surface area contributed by atoms with Crippen molar-refractivity contribution in [2.24, 2.45) is 0 Å². The van der Waals surface area contributed by atoms with E-state index in [1.54, 1.807) is 24.3 Å². The van der Waals surface area contributed by atoms with Crippen LogP contribution in [0.2, 0.25) is 0 Å². The Morgan fingerprint density at radius 2 is 1.86 bits per heavy atom. The van der Waals surface area contributed by atoms with Gasteiger partial charge in [0.1, 0.15) is 11.3 Å². The maximum Gasteiger partial charge on any atom is 0.335 e. The molecule has 2 aromatic heterocycles. The molecule has 0 saturated heterocycles. The molecule has 0 bridgehead atoms. The first-order valence-corrected chi connectivity index (χ1v) is 8.98. The number of benzene rings is 2. The van der Waals surface area contributed by atoms with Crippen molar-refractivity contribution in [1.82, 2.24) is 19.5 Å². The van der Waals surface area contributed by atoms with Crippen LogP contribution in [0.5, 0.6) is 0 Å². The van der Waals surface area contributed by atoms with E-state index in [0.29, 0.717) is 12.4 Å². The highest BCUT2D eigenvalue weighted by atomic mass is 16.4. The van der Waals surface area contributed by atoms with Crippen LogP contribution >= 0.6 is 0 Å². The van der Waals surface area contributed by atoms with E-state index in [-0.39, 0.29) is 16.7 Å². The second-order valence-electron chi connectivity index (χ2n) is 6.63. The number of fused-ring (bicyclic) bond motifs is 2. The predicted octanol–water partition coefficient (Wildman–Crippen LogP) is 2.73. The van der Waals surface area contributed by atoms with Crippen LogP contribution < -0.4 is 11.2 Å². The summed E-state index contributed by atoms with van der Waals surface area (Å²) in [5, 5.41) is 10.7. The maximum absolute atomic E-state index is 12.6. The van der Waals surface area contributed by atoms with Gasteiger partial charge in [0.15, 0.2) is 5.65 Å². The average Bonchev–Trinajstić information content (AvgIpc) is 3.11. The highest BCUT2D eigenvalue weighted by molar-refractivity contribution is 5.95. The lowest BCUT2D eigenvalue weighted by Crippen LogP contribution is -2.35. The fourth-order valence-electron chi connectivity index (χ4n) is 3.20. The number of hydrogen-bond acceptors (Lipinski definition) is 4. The smallest absolute Gasteiger partial charge is 0.335 e. The molecule has 0 unspecified atom stereocenters. The molecular formula is C20H18N4O4. The zero-order valence-electron chi connectivity index (χ0n) is 15.2. The van der Waals surface area contributed by atoms with Crippen molar-refractivity contribution in [2.75, 3.05) is 0 Å². The monoisotopic (exact) mass is 378 g/mol. The fraction of sp³-hybridized carbons (Fsp3) is 0.200. The Labute approximate surface area is 158 Å². The minimum absolute atomic E-state index is 0.217. The summed E-state index contributed by atoms with van der Waals surface area (Å²) in [4.78, 5) is 45.9. The van der Waals surface area contributed by atoms with Crippen molar-refractivity contribution in [2.45, 2.75) is 26.3 Å². The number of unbranched alkanes of at least 4 members (excludes halogenated alkanes) is 1. The van der Waals surface area contributed by atoms with Gasteiger partial charge in [-0.2, -0.15) is 0 Å². The van der Waals surface area contributed by atoms with Gasteiger partial charge in [0, 0.05) is 12.1 Å². The van der Waals surface area contributed by atoms with E-state index in [9.17, 15) is 14.4 Å². The highest BCUT2D eigenvalue weighted by Crippen LogP contribution is 2.24. The molecule has 0 atom stereocenters. The molecule has 0 aliphatic carbocycles. The Kier molecular flexibility index (Phi) is 4.31. The molecule has 0 spiro atoms. The number of nitrogens with one attached hydrogen (secondary N) is 2. The van der Waals surface area contributed by atoms with Crippen molar-refractivity contribution in [3.05, 3.63) is 62.8 Å². The van der Waals surface area contributed by atoms with Crippen LogP contribution in [0.25, 0.3) is 33.3 Å². The van der Waals surface area contributed by atoms with Gasteiger partial charge >= 0.3 is 11.7 Å². The molecule has 0 fully saturated rings. The first-order chi connectivity index (χ1) is 13.5. The highest BCUT2D eigenvalue weighted by Gasteiger charge is 2.13. The fourth-order valence-corrected chi connectivity index (χ4v) is 3.20. The third-order valence-electron chi connectivity index (χ3n) is 4.73. The molecule has 28 heavy (non-hydrogen) atoms. The molecule has 0 aliphatic heterocycles. The summed E-state index contributed by atoms with van der Waals surface area (Å²) >= 11 is 0. The summed E-state index contributed by atoms with van der Waals surface area (Å²) < 4.78 is 1.18. The molecule has 0 aliphatic rings. The predicted molar refractivity (Wildman–Crippen MR) is 106 cm³/mol. The number of aromatic carboxylic acids is 1. The van der Waals surface area contributed by atoms with Gasteiger partial charge in [-0.3, -0.25) is 14.3 Å². The largest absolute Gasteiger partial charge is 0.478 e. The van der Waals surface area contributed by atoms with E-state index in [0.717, 1.165) is 29.2 Å². The first-order valence-electron chi connectivity index (χ1n) is 8.98. The van der Waals surface area contributed by atoms with E-state index in [2.05, 4.69) is 15.0 Å². The zero-order chi connectivity index (χ0) is 19.8. The van der Waals surface area contributed by atoms with Crippen molar-refractivity contribution in [3.8, 4) is 11.4 Å². The number of imidazole rings is 1. The van der Waals surface area contributed by atoms with E-state index in [1.165, 1.54) is 10.6 Å². The van der Waals surface area contributed by atoms with Crippen LogP contribution in [0.3, 0.4) is 0 Å². The standard InChI is InChI=1S/C20H18N4O4/c1-2-3-8-24-18(25)15-17(23-20(24)28)22-16(21-15)13-6-4-12-10-14(19(26)27)7-5-11(12)9-13/h4-7,9-10H,2-3,8H2,1H3,(H,21,22)(H,23,28)(H,26,27). The number of nitrogens with zero attached hydrogens (tertiary/aromatic N) is 2. The summed E-state index contributed by atoms with van der Waals surface area (Å²) in [7, 11) is 0. The number of hydrogen-bond donors (Lipinski definition) is 3. The molecular weight excluding hydrogens is 360 g/mol. The average molecular weight is 378 g/mol.